The summed E-state index contributed by atoms with van der Waals surface area (Å²) < 4.78 is 0. The van der Waals surface area contributed by atoms with Crippen LogP contribution in [0.1, 0.15) is 5.56 Å². The molecule has 0 fully saturated rings. The van der Waals surface area contributed by atoms with Gasteiger partial charge >= 0.3 is 0 Å². The molecule has 0 aliphatic heterocycles. The maximum Gasteiger partial charge on any atom is 0.274 e. The van der Waals surface area contributed by atoms with Crippen molar-refractivity contribution in [1.29, 1.82) is 0 Å². The zero-order valence-electron chi connectivity index (χ0n) is 8.88. The molecule has 0 aromatic heterocycles. The Balaban J connectivity index is 2.90. The summed E-state index contributed by atoms with van der Waals surface area (Å²) in [7, 11) is 0. The van der Waals surface area contributed by atoms with Crippen LogP contribution in [0.25, 0.3) is 0 Å². The second kappa shape index (κ2) is 5.43. The van der Waals surface area contributed by atoms with Gasteiger partial charge in [0.05, 0.1) is 24.2 Å². The van der Waals surface area contributed by atoms with Gasteiger partial charge in [-0.1, -0.05) is 6.07 Å². The van der Waals surface area contributed by atoms with E-state index in [0.29, 0.717) is 11.3 Å². The van der Waals surface area contributed by atoms with Crippen LogP contribution in [0.15, 0.2) is 18.2 Å². The van der Waals surface area contributed by atoms with E-state index >= 15 is 0 Å². The molecule has 6 nitrogen and oxygen atoms in total. The lowest BCUT2D eigenvalue weighted by molar-refractivity contribution is -0.385. The second-order valence-corrected chi connectivity index (χ2v) is 3.46. The van der Waals surface area contributed by atoms with Crippen molar-refractivity contribution < 1.29 is 15.1 Å². The van der Waals surface area contributed by atoms with Gasteiger partial charge in [0.25, 0.3) is 5.69 Å². The van der Waals surface area contributed by atoms with Crippen LogP contribution in [0, 0.1) is 17.0 Å². The molecule has 0 unspecified atom stereocenters. The summed E-state index contributed by atoms with van der Waals surface area (Å²) in [5.74, 6) is 0. The summed E-state index contributed by atoms with van der Waals surface area (Å²) in [6.07, 6.45) is 0. The predicted molar refractivity (Wildman–Crippen MR) is 59.4 cm³/mol. The Morgan fingerprint density at radius 2 is 2.06 bits per heavy atom. The zero-order valence-corrected chi connectivity index (χ0v) is 8.88. The van der Waals surface area contributed by atoms with Crippen molar-refractivity contribution in [2.75, 3.05) is 18.5 Å². The van der Waals surface area contributed by atoms with Gasteiger partial charge in [0.1, 0.15) is 0 Å². The molecule has 1 aromatic carbocycles. The number of rotatable bonds is 5. The number of hydrogen-bond acceptors (Lipinski definition) is 5. The molecular formula is C10H14N2O4. The topological polar surface area (TPSA) is 95.6 Å². The summed E-state index contributed by atoms with van der Waals surface area (Å²) in [5, 5.41) is 31.2. The Morgan fingerprint density at radius 1 is 1.44 bits per heavy atom. The molecule has 3 N–H and O–H groups in total. The van der Waals surface area contributed by atoms with Crippen LogP contribution in [0.5, 0.6) is 0 Å². The minimum atomic E-state index is -0.512. The van der Waals surface area contributed by atoms with Crippen molar-refractivity contribution in [3.63, 3.8) is 0 Å². The van der Waals surface area contributed by atoms with E-state index < -0.39 is 11.0 Å². The molecule has 0 atom stereocenters. The second-order valence-electron chi connectivity index (χ2n) is 3.46. The Kier molecular flexibility index (Phi) is 4.21. The first-order chi connectivity index (χ1) is 7.58. The number of benzene rings is 1. The van der Waals surface area contributed by atoms with Gasteiger partial charge in [0.2, 0.25) is 0 Å². The highest BCUT2D eigenvalue weighted by molar-refractivity contribution is 5.55. The van der Waals surface area contributed by atoms with Gasteiger partial charge in [-0.25, -0.2) is 0 Å². The SMILES string of the molecule is Cc1ccc(NC(CO)CO)cc1[N+](=O)[O-]. The molecule has 1 rings (SSSR count). The first-order valence-electron chi connectivity index (χ1n) is 4.81. The minimum Gasteiger partial charge on any atom is -0.394 e. The highest BCUT2D eigenvalue weighted by Gasteiger charge is 2.12. The van der Waals surface area contributed by atoms with Crippen molar-refractivity contribution in [3.8, 4) is 0 Å². The monoisotopic (exact) mass is 226 g/mol. The quantitative estimate of drug-likeness (QED) is 0.506. The van der Waals surface area contributed by atoms with E-state index in [0.717, 1.165) is 0 Å². The number of nitro benzene ring substituents is 1. The van der Waals surface area contributed by atoms with Crippen LogP contribution in [-0.2, 0) is 0 Å². The summed E-state index contributed by atoms with van der Waals surface area (Å²) in [5.41, 5.74) is 1.09. The highest BCUT2D eigenvalue weighted by Crippen LogP contribution is 2.22. The highest BCUT2D eigenvalue weighted by atomic mass is 16.6. The number of nitrogens with one attached hydrogen (secondary N) is 1. The first-order valence-corrected chi connectivity index (χ1v) is 4.81. The molecule has 0 saturated carbocycles. The molecular weight excluding hydrogens is 212 g/mol. The Labute approximate surface area is 92.7 Å². The third kappa shape index (κ3) is 2.91. The fourth-order valence-electron chi connectivity index (χ4n) is 1.28. The Morgan fingerprint density at radius 3 is 2.56 bits per heavy atom. The number of nitrogens with zero attached hydrogens (tertiary/aromatic N) is 1. The molecule has 0 amide bonds. The Bertz CT molecular complexity index is 377. The van der Waals surface area contributed by atoms with Crippen LogP contribution < -0.4 is 5.32 Å². The number of nitro groups is 1. The fraction of sp³-hybridized carbons (Fsp3) is 0.400. The van der Waals surface area contributed by atoms with Crippen molar-refractivity contribution in [3.05, 3.63) is 33.9 Å². The van der Waals surface area contributed by atoms with Crippen molar-refractivity contribution in [1.82, 2.24) is 0 Å². The van der Waals surface area contributed by atoms with Crippen molar-refractivity contribution in [2.24, 2.45) is 0 Å². The van der Waals surface area contributed by atoms with Gasteiger partial charge in [-0.05, 0) is 13.0 Å². The Hall–Kier alpha value is -1.66. The zero-order chi connectivity index (χ0) is 12.1. The summed E-state index contributed by atoms with van der Waals surface area (Å²) in [6.45, 7) is 1.17. The van der Waals surface area contributed by atoms with Gasteiger partial charge in [0, 0.05) is 17.3 Å². The minimum absolute atomic E-state index is 0.0135. The molecule has 0 heterocycles. The summed E-state index contributed by atoms with van der Waals surface area (Å²) >= 11 is 0. The first kappa shape index (κ1) is 12.4. The molecule has 0 aliphatic carbocycles. The smallest absolute Gasteiger partial charge is 0.274 e. The third-order valence-electron chi connectivity index (χ3n) is 2.22. The van der Waals surface area contributed by atoms with E-state index in [1.807, 2.05) is 0 Å². The van der Waals surface area contributed by atoms with E-state index in [-0.39, 0.29) is 18.9 Å². The van der Waals surface area contributed by atoms with E-state index in [2.05, 4.69) is 5.32 Å². The largest absolute Gasteiger partial charge is 0.394 e. The number of aryl methyl sites for hydroxylation is 1. The molecule has 0 bridgehead atoms. The van der Waals surface area contributed by atoms with Crippen LogP contribution in [0.4, 0.5) is 11.4 Å². The van der Waals surface area contributed by atoms with Gasteiger partial charge in [-0.3, -0.25) is 10.1 Å². The molecule has 0 saturated heterocycles. The fourth-order valence-corrected chi connectivity index (χ4v) is 1.28. The summed E-state index contributed by atoms with van der Waals surface area (Å²) in [6, 6.07) is 4.16. The van der Waals surface area contributed by atoms with E-state index in [1.165, 1.54) is 6.07 Å². The number of anilines is 1. The average Bonchev–Trinajstić information content (AvgIpc) is 2.27. The number of aliphatic hydroxyl groups excluding tert-OH is 2. The molecule has 16 heavy (non-hydrogen) atoms. The average molecular weight is 226 g/mol. The standard InChI is InChI=1S/C10H14N2O4/c1-7-2-3-8(4-10(7)12(15)16)11-9(5-13)6-14/h2-4,9,11,13-14H,5-6H2,1H3. The van der Waals surface area contributed by atoms with E-state index in [1.54, 1.807) is 19.1 Å². The van der Waals surface area contributed by atoms with Crippen LogP contribution in [0.3, 0.4) is 0 Å². The maximum absolute atomic E-state index is 10.7. The maximum atomic E-state index is 10.7. The molecule has 88 valence electrons. The van der Waals surface area contributed by atoms with Gasteiger partial charge in [-0.15, -0.1) is 0 Å². The molecule has 0 radical (unpaired) electrons. The lowest BCUT2D eigenvalue weighted by atomic mass is 10.1. The van der Waals surface area contributed by atoms with E-state index in [4.69, 9.17) is 10.2 Å². The predicted octanol–water partition coefficient (Wildman–Crippen LogP) is 0.668. The lowest BCUT2D eigenvalue weighted by Crippen LogP contribution is -2.27. The molecule has 0 aliphatic rings. The van der Waals surface area contributed by atoms with Crippen molar-refractivity contribution in [2.45, 2.75) is 13.0 Å². The lowest BCUT2D eigenvalue weighted by Gasteiger charge is -2.14. The molecule has 0 spiro atoms. The normalized spacial score (nSPS) is 10.5. The third-order valence-corrected chi connectivity index (χ3v) is 2.22. The number of aliphatic hydroxyl groups is 2. The molecule has 6 heteroatoms. The van der Waals surface area contributed by atoms with Gasteiger partial charge in [-0.2, -0.15) is 0 Å². The molecule has 1 aromatic rings. The van der Waals surface area contributed by atoms with Gasteiger partial charge < -0.3 is 15.5 Å². The van der Waals surface area contributed by atoms with Crippen molar-refractivity contribution >= 4 is 11.4 Å². The van der Waals surface area contributed by atoms with E-state index in [9.17, 15) is 10.1 Å². The van der Waals surface area contributed by atoms with Gasteiger partial charge in [0.15, 0.2) is 0 Å². The van der Waals surface area contributed by atoms with Crippen LogP contribution in [0.2, 0.25) is 0 Å². The van der Waals surface area contributed by atoms with Crippen LogP contribution in [-0.4, -0.2) is 34.4 Å². The number of hydrogen-bond donors (Lipinski definition) is 3. The van der Waals surface area contributed by atoms with Crippen LogP contribution >= 0.6 is 0 Å². The summed E-state index contributed by atoms with van der Waals surface area (Å²) in [4.78, 5) is 10.2.